The summed E-state index contributed by atoms with van der Waals surface area (Å²) in [5.74, 6) is 0.724. The fraction of sp³-hybridized carbons (Fsp3) is 0.467. The van der Waals surface area contributed by atoms with Crippen molar-refractivity contribution in [2.45, 2.75) is 19.3 Å². The molecule has 1 unspecified atom stereocenters. The average Bonchev–Trinajstić information content (AvgIpc) is 2.48. The lowest BCUT2D eigenvalue weighted by molar-refractivity contribution is -0.141. The van der Waals surface area contributed by atoms with Crippen LogP contribution < -0.4 is 9.47 Å². The molecule has 5 nitrogen and oxygen atoms in total. The van der Waals surface area contributed by atoms with Gasteiger partial charge in [0.25, 0.3) is 0 Å². The molecule has 114 valence electrons. The fourth-order valence-electron chi connectivity index (χ4n) is 2.66. The molecular weight excluding hydrogens is 340 g/mol. The second-order valence-corrected chi connectivity index (χ2v) is 5.72. The van der Waals surface area contributed by atoms with Crippen molar-refractivity contribution in [2.24, 2.45) is 5.92 Å². The van der Waals surface area contributed by atoms with Gasteiger partial charge in [-0.15, -0.1) is 0 Å². The van der Waals surface area contributed by atoms with Gasteiger partial charge in [-0.1, -0.05) is 0 Å². The van der Waals surface area contributed by atoms with E-state index in [4.69, 9.17) is 9.47 Å². The van der Waals surface area contributed by atoms with Gasteiger partial charge >= 0.3 is 5.97 Å². The van der Waals surface area contributed by atoms with Crippen molar-refractivity contribution in [3.63, 3.8) is 0 Å². The topological polar surface area (TPSA) is 61.8 Å². The Labute approximate surface area is 131 Å². The largest absolute Gasteiger partial charge is 0.496 e. The van der Waals surface area contributed by atoms with E-state index in [9.17, 15) is 9.59 Å². The van der Waals surface area contributed by atoms with E-state index >= 15 is 0 Å². The molecule has 0 fully saturated rings. The Bertz CT molecular complexity index is 582. The minimum Gasteiger partial charge on any atom is -0.496 e. The van der Waals surface area contributed by atoms with Gasteiger partial charge in [0.05, 0.1) is 31.4 Å². The molecule has 0 saturated carbocycles. The van der Waals surface area contributed by atoms with Crippen LogP contribution in [0.25, 0.3) is 0 Å². The summed E-state index contributed by atoms with van der Waals surface area (Å²) in [5, 5.41) is 0. The van der Waals surface area contributed by atoms with E-state index in [2.05, 4.69) is 20.7 Å². The zero-order chi connectivity index (χ0) is 15.6. The molecule has 2 rings (SSSR count). The maximum Gasteiger partial charge on any atom is 0.305 e. The first-order chi connectivity index (χ1) is 10.0. The van der Waals surface area contributed by atoms with E-state index in [1.165, 1.54) is 14.2 Å². The summed E-state index contributed by atoms with van der Waals surface area (Å²) in [4.78, 5) is 23.8. The molecule has 0 amide bonds. The second kappa shape index (κ2) is 6.47. The summed E-state index contributed by atoms with van der Waals surface area (Å²) in [6.45, 7) is 0. The zero-order valence-electron chi connectivity index (χ0n) is 12.2. The van der Waals surface area contributed by atoms with Gasteiger partial charge in [0.15, 0.2) is 5.78 Å². The van der Waals surface area contributed by atoms with Crippen molar-refractivity contribution in [3.8, 4) is 11.5 Å². The number of fused-ring (bicyclic) bond motifs is 1. The minimum atomic E-state index is -0.303. The fourth-order valence-corrected chi connectivity index (χ4v) is 3.29. The van der Waals surface area contributed by atoms with Crippen molar-refractivity contribution in [1.82, 2.24) is 0 Å². The van der Waals surface area contributed by atoms with Crippen LogP contribution in [0.1, 0.15) is 28.8 Å². The number of rotatable bonds is 4. The first-order valence-corrected chi connectivity index (χ1v) is 7.34. The van der Waals surface area contributed by atoms with Crippen LogP contribution in [0.3, 0.4) is 0 Å². The summed E-state index contributed by atoms with van der Waals surface area (Å²) in [5.41, 5.74) is 1.41. The first-order valence-electron chi connectivity index (χ1n) is 6.55. The van der Waals surface area contributed by atoms with Crippen LogP contribution in [0.5, 0.6) is 11.5 Å². The highest BCUT2D eigenvalue weighted by molar-refractivity contribution is 9.10. The number of carbonyl (C=O) groups excluding carboxylic acids is 2. The molecule has 1 atom stereocenters. The maximum atomic E-state index is 12.4. The summed E-state index contributed by atoms with van der Waals surface area (Å²) >= 11 is 3.48. The molecule has 0 N–H and O–H groups in total. The summed E-state index contributed by atoms with van der Waals surface area (Å²) in [7, 11) is 4.43. The molecule has 0 heterocycles. The Kier molecular flexibility index (Phi) is 4.88. The lowest BCUT2D eigenvalue weighted by Gasteiger charge is -2.26. The van der Waals surface area contributed by atoms with Gasteiger partial charge in [0.2, 0.25) is 0 Å². The van der Waals surface area contributed by atoms with Crippen LogP contribution in [0.15, 0.2) is 10.5 Å². The Morgan fingerprint density at radius 1 is 1.24 bits per heavy atom. The molecule has 21 heavy (non-hydrogen) atoms. The second-order valence-electron chi connectivity index (χ2n) is 4.93. The average molecular weight is 357 g/mol. The van der Waals surface area contributed by atoms with Crippen molar-refractivity contribution in [3.05, 3.63) is 21.7 Å². The third-order valence-electron chi connectivity index (χ3n) is 3.66. The molecule has 0 bridgehead atoms. The third kappa shape index (κ3) is 3.05. The predicted octanol–water partition coefficient (Wildman–Crippen LogP) is 2.77. The number of hydrogen-bond acceptors (Lipinski definition) is 5. The van der Waals surface area contributed by atoms with E-state index in [0.717, 1.165) is 10.0 Å². The first kappa shape index (κ1) is 15.8. The predicted molar refractivity (Wildman–Crippen MR) is 80.0 cm³/mol. The number of methoxy groups -OCH3 is 3. The van der Waals surface area contributed by atoms with Crippen LogP contribution in [-0.2, 0) is 16.0 Å². The van der Waals surface area contributed by atoms with E-state index in [1.807, 2.05) is 0 Å². The molecule has 0 aromatic heterocycles. The molecule has 0 spiro atoms. The number of Topliss-reactive ketones (excluding diaryl/α,β-unsaturated/α-hetero) is 1. The molecule has 0 radical (unpaired) electrons. The highest BCUT2D eigenvalue weighted by Gasteiger charge is 2.32. The Hall–Kier alpha value is -1.56. The van der Waals surface area contributed by atoms with Crippen molar-refractivity contribution >= 4 is 27.7 Å². The van der Waals surface area contributed by atoms with Crippen molar-refractivity contribution in [2.75, 3.05) is 21.3 Å². The van der Waals surface area contributed by atoms with Crippen LogP contribution in [0.2, 0.25) is 0 Å². The standard InChI is InChI=1S/C15H17BrO5/c1-19-11-7-12(20-2)15(16)9-4-8(6-13(18)21-3)5-10(17)14(9)11/h7-8H,4-6H2,1-3H3. The Morgan fingerprint density at radius 3 is 2.48 bits per heavy atom. The van der Waals surface area contributed by atoms with E-state index in [1.54, 1.807) is 13.2 Å². The van der Waals surface area contributed by atoms with Crippen molar-refractivity contribution in [1.29, 1.82) is 0 Å². The molecular formula is C15H17BrO5. The number of ketones is 1. The number of esters is 1. The van der Waals surface area contributed by atoms with Crippen LogP contribution in [-0.4, -0.2) is 33.1 Å². The number of carbonyl (C=O) groups is 2. The maximum absolute atomic E-state index is 12.4. The lowest BCUT2D eigenvalue weighted by atomic mass is 9.81. The van der Waals surface area contributed by atoms with Gasteiger partial charge in [-0.3, -0.25) is 9.59 Å². The molecule has 0 aliphatic heterocycles. The number of halogens is 1. The van der Waals surface area contributed by atoms with Crippen LogP contribution in [0, 0.1) is 5.92 Å². The highest BCUT2D eigenvalue weighted by Crippen LogP contribution is 2.42. The minimum absolute atomic E-state index is 0.0228. The van der Waals surface area contributed by atoms with Crippen molar-refractivity contribution < 1.29 is 23.8 Å². The SMILES string of the molecule is COC(=O)CC1CC(=O)c2c(OC)cc(OC)c(Br)c2C1. The molecule has 1 aliphatic carbocycles. The van der Waals surface area contributed by atoms with Crippen LogP contribution in [0.4, 0.5) is 0 Å². The van der Waals surface area contributed by atoms with Gasteiger partial charge in [-0.25, -0.2) is 0 Å². The number of ether oxygens (including phenoxy) is 3. The quantitative estimate of drug-likeness (QED) is 0.776. The lowest BCUT2D eigenvalue weighted by Crippen LogP contribution is -2.24. The van der Waals surface area contributed by atoms with Gasteiger partial charge in [-0.2, -0.15) is 0 Å². The normalized spacial score (nSPS) is 17.1. The van der Waals surface area contributed by atoms with Gasteiger partial charge in [0.1, 0.15) is 11.5 Å². The molecule has 0 saturated heterocycles. The van der Waals surface area contributed by atoms with Gasteiger partial charge in [-0.05, 0) is 33.8 Å². The summed E-state index contributed by atoms with van der Waals surface area (Å²) < 4.78 is 16.0. The van der Waals surface area contributed by atoms with Gasteiger partial charge in [0, 0.05) is 18.9 Å². The van der Waals surface area contributed by atoms with E-state index in [0.29, 0.717) is 29.9 Å². The van der Waals surface area contributed by atoms with E-state index in [-0.39, 0.29) is 24.1 Å². The number of hydrogen-bond donors (Lipinski definition) is 0. The number of benzene rings is 1. The summed E-state index contributed by atoms with van der Waals surface area (Å²) in [6.07, 6.45) is 1.15. The highest BCUT2D eigenvalue weighted by atomic mass is 79.9. The van der Waals surface area contributed by atoms with Crippen LogP contribution >= 0.6 is 15.9 Å². The summed E-state index contributed by atoms with van der Waals surface area (Å²) in [6, 6.07) is 1.70. The molecule has 1 aromatic rings. The zero-order valence-corrected chi connectivity index (χ0v) is 13.8. The monoisotopic (exact) mass is 356 g/mol. The third-order valence-corrected chi connectivity index (χ3v) is 4.53. The molecule has 6 heteroatoms. The Morgan fingerprint density at radius 2 is 1.90 bits per heavy atom. The Balaban J connectivity index is 2.44. The smallest absolute Gasteiger partial charge is 0.305 e. The molecule has 1 aliphatic rings. The van der Waals surface area contributed by atoms with Gasteiger partial charge < -0.3 is 14.2 Å². The molecule has 1 aromatic carbocycles. The van der Waals surface area contributed by atoms with E-state index < -0.39 is 0 Å².